The van der Waals surface area contributed by atoms with Gasteiger partial charge in [0, 0.05) is 18.5 Å². The molecular weight excluding hydrogens is 270 g/mol. The minimum atomic E-state index is 0.676. The maximum atomic E-state index is 4.53. The number of hydrogen-bond donors (Lipinski definition) is 2. The Morgan fingerprint density at radius 2 is 2.05 bits per heavy atom. The normalized spacial score (nSPS) is 11.2. The van der Waals surface area contributed by atoms with Gasteiger partial charge in [0.2, 0.25) is 5.95 Å². The molecule has 0 atom stereocenters. The summed E-state index contributed by atoms with van der Waals surface area (Å²) < 4.78 is 0. The summed E-state index contributed by atoms with van der Waals surface area (Å²) in [6, 6.07) is 2.15. The summed E-state index contributed by atoms with van der Waals surface area (Å²) >= 11 is 1.71. The van der Waals surface area contributed by atoms with E-state index in [1.165, 1.54) is 11.3 Å². The van der Waals surface area contributed by atoms with Gasteiger partial charge in [0.1, 0.15) is 10.6 Å². The molecule has 0 aromatic carbocycles. The molecule has 0 saturated heterocycles. The van der Waals surface area contributed by atoms with Crippen LogP contribution in [0.5, 0.6) is 0 Å². The summed E-state index contributed by atoms with van der Waals surface area (Å²) in [5.74, 6) is 1.61. The van der Waals surface area contributed by atoms with Crippen molar-refractivity contribution in [3.63, 3.8) is 0 Å². The van der Waals surface area contributed by atoms with Crippen LogP contribution in [-0.4, -0.2) is 49.1 Å². The first kappa shape index (κ1) is 15.0. The molecule has 2 N–H and O–H groups in total. The molecule has 0 aliphatic heterocycles. The zero-order chi connectivity index (χ0) is 14.5. The predicted molar refractivity (Wildman–Crippen MR) is 88.0 cm³/mol. The van der Waals surface area contributed by atoms with Crippen LogP contribution in [0.2, 0.25) is 0 Å². The fourth-order valence-corrected chi connectivity index (χ4v) is 2.93. The summed E-state index contributed by atoms with van der Waals surface area (Å²) in [6.45, 7) is 4.17. The lowest BCUT2D eigenvalue weighted by Crippen LogP contribution is -2.14. The van der Waals surface area contributed by atoms with Crippen molar-refractivity contribution in [1.29, 1.82) is 0 Å². The van der Waals surface area contributed by atoms with Crippen molar-refractivity contribution >= 4 is 33.3 Å². The van der Waals surface area contributed by atoms with Gasteiger partial charge in [0.05, 0.1) is 5.39 Å². The second-order valence-electron chi connectivity index (χ2n) is 5.16. The Balaban J connectivity index is 2.04. The van der Waals surface area contributed by atoms with Crippen LogP contribution in [0.4, 0.5) is 11.8 Å². The van der Waals surface area contributed by atoms with E-state index in [0.717, 1.165) is 35.5 Å². The first-order valence-corrected chi connectivity index (χ1v) is 7.76. The molecule has 110 valence electrons. The SMILES string of the molecule is CNc1nc(NCCCCN(C)C)c2cc(C)sc2n1. The third-order valence-electron chi connectivity index (χ3n) is 3.06. The number of nitrogens with one attached hydrogen (secondary N) is 2. The van der Waals surface area contributed by atoms with E-state index in [4.69, 9.17) is 0 Å². The summed E-state index contributed by atoms with van der Waals surface area (Å²) in [5, 5.41) is 7.59. The molecule has 2 heterocycles. The zero-order valence-electron chi connectivity index (χ0n) is 12.7. The monoisotopic (exact) mass is 293 g/mol. The van der Waals surface area contributed by atoms with E-state index < -0.39 is 0 Å². The van der Waals surface area contributed by atoms with Crippen LogP contribution in [0.25, 0.3) is 10.2 Å². The average Bonchev–Trinajstić information content (AvgIpc) is 2.78. The fraction of sp³-hybridized carbons (Fsp3) is 0.571. The van der Waals surface area contributed by atoms with Gasteiger partial charge in [-0.2, -0.15) is 4.98 Å². The molecule has 0 unspecified atom stereocenters. The van der Waals surface area contributed by atoms with Crippen molar-refractivity contribution < 1.29 is 0 Å². The molecule has 0 aliphatic carbocycles. The molecule has 20 heavy (non-hydrogen) atoms. The minimum Gasteiger partial charge on any atom is -0.369 e. The van der Waals surface area contributed by atoms with Crippen molar-refractivity contribution in [1.82, 2.24) is 14.9 Å². The number of nitrogens with zero attached hydrogens (tertiary/aromatic N) is 3. The first-order valence-electron chi connectivity index (χ1n) is 6.94. The van der Waals surface area contributed by atoms with Crippen molar-refractivity contribution in [2.75, 3.05) is 44.9 Å². The van der Waals surface area contributed by atoms with Crippen molar-refractivity contribution in [2.45, 2.75) is 19.8 Å². The van der Waals surface area contributed by atoms with Crippen LogP contribution in [0, 0.1) is 6.92 Å². The van der Waals surface area contributed by atoms with Crippen molar-refractivity contribution in [3.8, 4) is 0 Å². The topological polar surface area (TPSA) is 53.1 Å². The molecule has 2 rings (SSSR count). The van der Waals surface area contributed by atoms with E-state index in [0.29, 0.717) is 5.95 Å². The lowest BCUT2D eigenvalue weighted by molar-refractivity contribution is 0.396. The Bertz CT molecular complexity index is 564. The van der Waals surface area contributed by atoms with Gasteiger partial charge < -0.3 is 15.5 Å². The summed E-state index contributed by atoms with van der Waals surface area (Å²) in [7, 11) is 6.06. The van der Waals surface area contributed by atoms with Gasteiger partial charge in [0.15, 0.2) is 0 Å². The molecule has 6 heteroatoms. The standard InChI is InChI=1S/C14H23N5S/c1-10-9-11-12(16-7-5-6-8-19(3)4)17-14(15-2)18-13(11)20-10/h9H,5-8H2,1-4H3,(H2,15,16,17,18). The Morgan fingerprint density at radius 1 is 1.25 bits per heavy atom. The smallest absolute Gasteiger partial charge is 0.225 e. The summed E-state index contributed by atoms with van der Waals surface area (Å²) in [5.41, 5.74) is 0. The average molecular weight is 293 g/mol. The van der Waals surface area contributed by atoms with Gasteiger partial charge in [0.25, 0.3) is 0 Å². The van der Waals surface area contributed by atoms with E-state index in [-0.39, 0.29) is 0 Å². The summed E-state index contributed by atoms with van der Waals surface area (Å²) in [6.07, 6.45) is 2.33. The Kier molecular flexibility index (Phi) is 5.14. The molecule has 0 aliphatic rings. The van der Waals surface area contributed by atoms with Crippen LogP contribution in [0.15, 0.2) is 6.07 Å². The predicted octanol–water partition coefficient (Wildman–Crippen LogP) is 2.80. The van der Waals surface area contributed by atoms with Crippen LogP contribution < -0.4 is 10.6 Å². The fourth-order valence-electron chi connectivity index (χ4n) is 2.05. The zero-order valence-corrected chi connectivity index (χ0v) is 13.5. The minimum absolute atomic E-state index is 0.676. The van der Waals surface area contributed by atoms with Crippen LogP contribution >= 0.6 is 11.3 Å². The Hall–Kier alpha value is -1.40. The third kappa shape index (κ3) is 3.80. The highest BCUT2D eigenvalue weighted by molar-refractivity contribution is 7.18. The third-order valence-corrected chi connectivity index (χ3v) is 4.01. The lowest BCUT2D eigenvalue weighted by Gasteiger charge is -2.10. The van der Waals surface area contributed by atoms with Crippen LogP contribution in [-0.2, 0) is 0 Å². The maximum Gasteiger partial charge on any atom is 0.225 e. The van der Waals surface area contributed by atoms with Gasteiger partial charge in [-0.15, -0.1) is 11.3 Å². The van der Waals surface area contributed by atoms with Gasteiger partial charge in [-0.1, -0.05) is 0 Å². The molecular formula is C14H23N5S. The molecule has 2 aromatic rings. The number of aryl methyl sites for hydroxylation is 1. The van der Waals surface area contributed by atoms with Crippen molar-refractivity contribution in [2.24, 2.45) is 0 Å². The number of thiophene rings is 1. The van der Waals surface area contributed by atoms with Crippen LogP contribution in [0.3, 0.4) is 0 Å². The Morgan fingerprint density at radius 3 is 2.75 bits per heavy atom. The lowest BCUT2D eigenvalue weighted by atomic mass is 10.3. The number of hydrogen-bond acceptors (Lipinski definition) is 6. The molecule has 0 amide bonds. The molecule has 0 radical (unpaired) electrons. The number of fused-ring (bicyclic) bond motifs is 1. The molecule has 2 aromatic heterocycles. The highest BCUT2D eigenvalue weighted by Crippen LogP contribution is 2.29. The molecule has 0 saturated carbocycles. The highest BCUT2D eigenvalue weighted by Gasteiger charge is 2.09. The van der Waals surface area contributed by atoms with Gasteiger partial charge in [-0.25, -0.2) is 4.98 Å². The van der Waals surface area contributed by atoms with E-state index in [2.05, 4.69) is 52.6 Å². The Labute approximate surface area is 124 Å². The number of unbranched alkanes of at least 4 members (excludes halogenated alkanes) is 1. The van der Waals surface area contributed by atoms with E-state index >= 15 is 0 Å². The van der Waals surface area contributed by atoms with E-state index in [1.807, 2.05) is 7.05 Å². The quantitative estimate of drug-likeness (QED) is 0.769. The number of anilines is 2. The number of aromatic nitrogens is 2. The summed E-state index contributed by atoms with van der Waals surface area (Å²) in [4.78, 5) is 13.5. The second-order valence-corrected chi connectivity index (χ2v) is 6.39. The second kappa shape index (κ2) is 6.85. The van der Waals surface area contributed by atoms with Gasteiger partial charge >= 0.3 is 0 Å². The molecule has 5 nitrogen and oxygen atoms in total. The first-order chi connectivity index (χ1) is 9.60. The highest BCUT2D eigenvalue weighted by atomic mass is 32.1. The molecule has 0 bridgehead atoms. The van der Waals surface area contributed by atoms with Gasteiger partial charge in [-0.05, 0) is 46.5 Å². The largest absolute Gasteiger partial charge is 0.369 e. The van der Waals surface area contributed by atoms with Crippen LogP contribution in [0.1, 0.15) is 17.7 Å². The molecule has 0 spiro atoms. The van der Waals surface area contributed by atoms with E-state index in [9.17, 15) is 0 Å². The number of rotatable bonds is 7. The van der Waals surface area contributed by atoms with Crippen molar-refractivity contribution in [3.05, 3.63) is 10.9 Å². The molecule has 0 fully saturated rings. The van der Waals surface area contributed by atoms with Gasteiger partial charge in [-0.3, -0.25) is 0 Å². The van der Waals surface area contributed by atoms with E-state index in [1.54, 1.807) is 11.3 Å². The maximum absolute atomic E-state index is 4.53.